The van der Waals surface area contributed by atoms with Crippen LogP contribution in [-0.4, -0.2) is 85.5 Å². The molecular weight excluding hydrogens is 483 g/mol. The molecule has 0 aromatic carbocycles. The Morgan fingerprint density at radius 3 is 2.82 bits per heavy atom. The van der Waals surface area contributed by atoms with Crippen LogP contribution in [0.4, 0.5) is 0 Å². The SMILES string of the molecule is [B]c1nc2cc3c([nH]nc13)/C=C/c1c(OCC)nn(C(C)CO)c1CN(C)CC(C)Oc1c-2c(C)nn1C. The fourth-order valence-electron chi connectivity index (χ4n) is 5.00. The van der Waals surface area contributed by atoms with Crippen LogP contribution in [-0.2, 0) is 13.6 Å². The lowest BCUT2D eigenvalue weighted by molar-refractivity contribution is 0.145. The van der Waals surface area contributed by atoms with E-state index in [0.29, 0.717) is 48.3 Å². The molecule has 0 fully saturated rings. The predicted octanol–water partition coefficient (Wildman–Crippen LogP) is 1.99. The number of nitrogens with zero attached hydrogens (tertiary/aromatic N) is 7. The molecule has 4 aromatic rings. The third-order valence-corrected chi connectivity index (χ3v) is 6.72. The van der Waals surface area contributed by atoms with Gasteiger partial charge in [0.1, 0.15) is 19.5 Å². The average molecular weight is 516 g/mol. The first-order valence-corrected chi connectivity index (χ1v) is 12.8. The summed E-state index contributed by atoms with van der Waals surface area (Å²) in [6, 6.07) is 1.74. The Labute approximate surface area is 222 Å². The van der Waals surface area contributed by atoms with E-state index in [4.69, 9.17) is 22.4 Å². The number of aliphatic hydroxyl groups excluding tert-OH is 1. The highest BCUT2D eigenvalue weighted by Crippen LogP contribution is 2.35. The van der Waals surface area contributed by atoms with Crippen LogP contribution >= 0.6 is 0 Å². The Morgan fingerprint density at radius 2 is 2.08 bits per heavy atom. The summed E-state index contributed by atoms with van der Waals surface area (Å²) in [6.07, 6.45) is 3.76. The largest absolute Gasteiger partial charge is 0.476 e. The van der Waals surface area contributed by atoms with E-state index in [-0.39, 0.29) is 18.8 Å². The van der Waals surface area contributed by atoms with Gasteiger partial charge in [-0.05, 0) is 53.0 Å². The Bertz CT molecular complexity index is 1500. The van der Waals surface area contributed by atoms with Crippen LogP contribution in [0.15, 0.2) is 6.07 Å². The van der Waals surface area contributed by atoms with Gasteiger partial charge in [-0.3, -0.25) is 19.7 Å². The standard InChI is InChI=1S/C26H33BN8O3/c1-7-37-25-17-8-9-19-18-10-20(28-24(27)23(18)30-29-19)22-16(4)31-34(6)26(22)38-15(3)11-33(5)12-21(17)35(32-25)14(2)13-36/h8-10,14-15,36H,7,11-13H2,1-6H3,(H,29,30)/b9-8+. The summed E-state index contributed by atoms with van der Waals surface area (Å²) in [5.41, 5.74) is 5.72. The zero-order valence-corrected chi connectivity index (χ0v) is 22.7. The van der Waals surface area contributed by atoms with Crippen molar-refractivity contribution in [1.29, 1.82) is 0 Å². The summed E-state index contributed by atoms with van der Waals surface area (Å²) in [5, 5.41) is 27.6. The maximum absolute atomic E-state index is 9.95. The van der Waals surface area contributed by atoms with E-state index >= 15 is 0 Å². The fraction of sp³-hybridized carbons (Fsp3) is 0.462. The van der Waals surface area contributed by atoms with E-state index < -0.39 is 0 Å². The van der Waals surface area contributed by atoms with Crippen LogP contribution in [0.1, 0.15) is 49.5 Å². The zero-order valence-electron chi connectivity index (χ0n) is 22.7. The van der Waals surface area contributed by atoms with E-state index in [1.54, 1.807) is 4.68 Å². The van der Waals surface area contributed by atoms with Gasteiger partial charge >= 0.3 is 0 Å². The molecule has 1 aliphatic heterocycles. The van der Waals surface area contributed by atoms with E-state index in [9.17, 15) is 5.11 Å². The third kappa shape index (κ3) is 4.58. The first kappa shape index (κ1) is 26.0. The monoisotopic (exact) mass is 516 g/mol. The van der Waals surface area contributed by atoms with Gasteiger partial charge in [-0.1, -0.05) is 0 Å². The van der Waals surface area contributed by atoms with E-state index in [1.807, 2.05) is 64.7 Å². The van der Waals surface area contributed by atoms with Gasteiger partial charge < -0.3 is 14.6 Å². The Kier molecular flexibility index (Phi) is 7.02. The molecule has 0 saturated carbocycles. The number of nitrogens with one attached hydrogen (secondary N) is 1. The summed E-state index contributed by atoms with van der Waals surface area (Å²) in [7, 11) is 10.3. The molecule has 0 saturated heterocycles. The molecule has 2 unspecified atom stereocenters. The van der Waals surface area contributed by atoms with Gasteiger partial charge in [0.05, 0.1) is 53.2 Å². The summed E-state index contributed by atoms with van der Waals surface area (Å²) >= 11 is 0. The van der Waals surface area contributed by atoms with Gasteiger partial charge in [0.25, 0.3) is 0 Å². The Balaban J connectivity index is 1.75. The van der Waals surface area contributed by atoms with Crippen molar-refractivity contribution in [2.45, 2.75) is 46.4 Å². The minimum absolute atomic E-state index is 0.0461. The lowest BCUT2D eigenvalue weighted by Gasteiger charge is -2.24. The molecule has 4 aromatic heterocycles. The molecule has 2 atom stereocenters. The molecule has 198 valence electrons. The van der Waals surface area contributed by atoms with E-state index in [0.717, 1.165) is 33.6 Å². The number of rotatable bonds is 4. The number of aromatic amines is 1. The summed E-state index contributed by atoms with van der Waals surface area (Å²) in [4.78, 5) is 6.83. The van der Waals surface area contributed by atoms with Gasteiger partial charge in [-0.25, -0.2) is 4.68 Å². The molecule has 0 aliphatic carbocycles. The molecule has 11 nitrogen and oxygen atoms in total. The molecular formula is C26H33BN8O3. The van der Waals surface area contributed by atoms with Crippen molar-refractivity contribution in [1.82, 2.24) is 39.6 Å². The first-order valence-electron chi connectivity index (χ1n) is 12.8. The lowest BCUT2D eigenvalue weighted by atomic mass is 9.98. The summed E-state index contributed by atoms with van der Waals surface area (Å²) in [6.45, 7) is 9.44. The number of aromatic nitrogens is 7. The molecule has 1 aliphatic rings. The van der Waals surface area contributed by atoms with Crippen molar-refractivity contribution in [3.05, 3.63) is 28.7 Å². The number of H-pyrrole nitrogens is 1. The highest BCUT2D eigenvalue weighted by molar-refractivity contribution is 6.37. The second kappa shape index (κ2) is 10.3. The van der Waals surface area contributed by atoms with Crippen LogP contribution in [0.3, 0.4) is 0 Å². The van der Waals surface area contributed by atoms with Crippen molar-refractivity contribution >= 4 is 36.5 Å². The minimum atomic E-state index is -0.225. The quantitative estimate of drug-likeness (QED) is 0.396. The maximum Gasteiger partial charge on any atom is 0.240 e. The van der Waals surface area contributed by atoms with Crippen molar-refractivity contribution in [2.75, 3.05) is 26.8 Å². The summed E-state index contributed by atoms with van der Waals surface area (Å²) in [5.74, 6) is 1.14. The van der Waals surface area contributed by atoms with Gasteiger partial charge in [-0.2, -0.15) is 10.2 Å². The Hall–Kier alpha value is -3.64. The number of ether oxygens (including phenoxy) is 2. The van der Waals surface area contributed by atoms with E-state index in [2.05, 4.69) is 25.2 Å². The smallest absolute Gasteiger partial charge is 0.240 e. The molecule has 0 amide bonds. The van der Waals surface area contributed by atoms with Crippen molar-refractivity contribution in [2.24, 2.45) is 7.05 Å². The number of aryl methyl sites for hydroxylation is 2. The zero-order chi connectivity index (χ0) is 27.1. The van der Waals surface area contributed by atoms with Crippen LogP contribution < -0.4 is 15.1 Å². The van der Waals surface area contributed by atoms with Crippen LogP contribution in [0.5, 0.6) is 11.8 Å². The summed E-state index contributed by atoms with van der Waals surface area (Å²) < 4.78 is 16.0. The van der Waals surface area contributed by atoms with Gasteiger partial charge in [0.15, 0.2) is 0 Å². The first-order chi connectivity index (χ1) is 18.2. The maximum atomic E-state index is 9.95. The van der Waals surface area contributed by atoms with Gasteiger partial charge in [-0.15, -0.1) is 5.10 Å². The number of aliphatic hydroxyl groups is 1. The predicted molar refractivity (Wildman–Crippen MR) is 147 cm³/mol. The molecule has 5 heterocycles. The highest BCUT2D eigenvalue weighted by Gasteiger charge is 2.25. The van der Waals surface area contributed by atoms with Gasteiger partial charge in [0.2, 0.25) is 11.8 Å². The number of pyridine rings is 1. The normalized spacial score (nSPS) is 17.9. The molecule has 5 rings (SSSR count). The molecule has 38 heavy (non-hydrogen) atoms. The second-order valence-corrected chi connectivity index (χ2v) is 9.85. The van der Waals surface area contributed by atoms with Crippen LogP contribution in [0.2, 0.25) is 0 Å². The number of hydrogen-bond donors (Lipinski definition) is 2. The number of hydrogen-bond acceptors (Lipinski definition) is 8. The molecule has 0 spiro atoms. The number of likely N-dealkylation sites (N-methyl/N-ethyl adjacent to an activating group) is 1. The van der Waals surface area contributed by atoms with Crippen molar-refractivity contribution < 1.29 is 14.6 Å². The van der Waals surface area contributed by atoms with Crippen molar-refractivity contribution in [3.8, 4) is 23.0 Å². The van der Waals surface area contributed by atoms with Crippen molar-refractivity contribution in [3.63, 3.8) is 0 Å². The molecule has 2 radical (unpaired) electrons. The second-order valence-electron chi connectivity index (χ2n) is 9.85. The Morgan fingerprint density at radius 1 is 1.29 bits per heavy atom. The van der Waals surface area contributed by atoms with Crippen LogP contribution in [0.25, 0.3) is 34.3 Å². The highest BCUT2D eigenvalue weighted by atomic mass is 16.5. The topological polar surface area (TPSA) is 119 Å². The third-order valence-electron chi connectivity index (χ3n) is 6.72. The van der Waals surface area contributed by atoms with Crippen LogP contribution in [0, 0.1) is 6.92 Å². The van der Waals surface area contributed by atoms with Gasteiger partial charge in [0, 0.05) is 31.1 Å². The molecule has 2 N–H and O–H groups in total. The molecule has 12 heteroatoms. The lowest BCUT2D eigenvalue weighted by Crippen LogP contribution is -2.32. The fourth-order valence-corrected chi connectivity index (χ4v) is 5.00. The van der Waals surface area contributed by atoms with E-state index in [1.165, 1.54) is 0 Å². The molecule has 2 bridgehead atoms. The number of fused-ring (bicyclic) bond motifs is 4. The average Bonchev–Trinajstić information content (AvgIpc) is 3.51. The minimum Gasteiger partial charge on any atom is -0.476 e.